The van der Waals surface area contributed by atoms with Crippen molar-refractivity contribution in [2.24, 2.45) is 5.73 Å². The van der Waals surface area contributed by atoms with E-state index in [1.54, 1.807) is 0 Å². The molecule has 1 aliphatic carbocycles. The fourth-order valence-electron chi connectivity index (χ4n) is 3.27. The maximum absolute atomic E-state index is 12.3. The summed E-state index contributed by atoms with van der Waals surface area (Å²) in [5.74, 6) is 0.931. The third-order valence-electron chi connectivity index (χ3n) is 4.80. The van der Waals surface area contributed by atoms with Gasteiger partial charge >= 0.3 is 0 Å². The van der Waals surface area contributed by atoms with Gasteiger partial charge in [-0.25, -0.2) is 4.98 Å². The average molecular weight is 391 g/mol. The van der Waals surface area contributed by atoms with Crippen molar-refractivity contribution in [3.8, 4) is 0 Å². The number of nitrogens with two attached hydrogens (primary N) is 1. The molecule has 1 saturated carbocycles. The summed E-state index contributed by atoms with van der Waals surface area (Å²) in [4.78, 5) is 19.0. The Balaban J connectivity index is 0.00000156. The van der Waals surface area contributed by atoms with Crippen molar-refractivity contribution in [2.45, 2.75) is 44.2 Å². The number of nitrogens with one attached hydrogen (secondary N) is 1. The Hall–Kier alpha value is -1.08. The molecule has 1 amide bonds. The molecule has 1 aromatic heterocycles. The Morgan fingerprint density at radius 3 is 2.48 bits per heavy atom. The Morgan fingerprint density at radius 1 is 1.20 bits per heavy atom. The molecule has 0 bridgehead atoms. The van der Waals surface area contributed by atoms with Gasteiger partial charge < -0.3 is 20.7 Å². The monoisotopic (exact) mass is 390 g/mol. The van der Waals surface area contributed by atoms with Gasteiger partial charge in [-0.1, -0.05) is 25.3 Å². The molecule has 1 saturated heterocycles. The summed E-state index contributed by atoms with van der Waals surface area (Å²) in [6.45, 7) is 3.72. The minimum absolute atomic E-state index is 0. The molecule has 142 valence electrons. The molecule has 2 aliphatic rings. The highest BCUT2D eigenvalue weighted by Gasteiger charge is 2.34. The van der Waals surface area contributed by atoms with Gasteiger partial charge in [0.2, 0.25) is 5.91 Å². The minimum Gasteiger partial charge on any atom is -0.378 e. The van der Waals surface area contributed by atoms with Crippen LogP contribution >= 0.6 is 24.8 Å². The first-order valence-corrected chi connectivity index (χ1v) is 8.52. The molecule has 0 radical (unpaired) electrons. The zero-order valence-electron chi connectivity index (χ0n) is 14.4. The summed E-state index contributed by atoms with van der Waals surface area (Å²) in [6.07, 6.45) is 6.66. The number of carbonyl (C=O) groups is 1. The van der Waals surface area contributed by atoms with Crippen LogP contribution in [-0.2, 0) is 16.1 Å². The number of hydrogen-bond acceptors (Lipinski definition) is 5. The molecule has 3 rings (SSSR count). The van der Waals surface area contributed by atoms with Crippen molar-refractivity contribution >= 4 is 36.5 Å². The normalized spacial score (nSPS) is 19.3. The van der Waals surface area contributed by atoms with Crippen LogP contribution in [0, 0.1) is 0 Å². The zero-order chi connectivity index (χ0) is 16.1. The first kappa shape index (κ1) is 22.0. The lowest BCUT2D eigenvalue weighted by molar-refractivity contribution is -0.127. The molecule has 8 heteroatoms. The molecule has 0 unspecified atom stereocenters. The molecule has 2 fully saturated rings. The molecule has 2 heterocycles. The van der Waals surface area contributed by atoms with Crippen molar-refractivity contribution in [2.75, 3.05) is 31.2 Å². The fourth-order valence-corrected chi connectivity index (χ4v) is 3.27. The van der Waals surface area contributed by atoms with E-state index < -0.39 is 5.54 Å². The van der Waals surface area contributed by atoms with E-state index in [2.05, 4.69) is 15.2 Å². The fraction of sp³-hybridized carbons (Fsp3) is 0.647. The maximum Gasteiger partial charge on any atom is 0.240 e. The van der Waals surface area contributed by atoms with Crippen molar-refractivity contribution in [1.82, 2.24) is 10.3 Å². The minimum atomic E-state index is -0.681. The van der Waals surface area contributed by atoms with Crippen LogP contribution in [0.2, 0.25) is 0 Å². The molecule has 6 nitrogen and oxygen atoms in total. The smallest absolute Gasteiger partial charge is 0.240 e. The Labute approximate surface area is 161 Å². The summed E-state index contributed by atoms with van der Waals surface area (Å²) in [6, 6.07) is 4.02. The van der Waals surface area contributed by atoms with Crippen LogP contribution in [0.15, 0.2) is 18.3 Å². The highest BCUT2D eigenvalue weighted by atomic mass is 35.5. The topological polar surface area (TPSA) is 80.5 Å². The second-order valence-corrected chi connectivity index (χ2v) is 6.52. The number of hydrogen-bond donors (Lipinski definition) is 2. The van der Waals surface area contributed by atoms with Crippen molar-refractivity contribution in [3.05, 3.63) is 23.9 Å². The van der Waals surface area contributed by atoms with Crippen molar-refractivity contribution in [1.29, 1.82) is 0 Å². The average Bonchev–Trinajstić information content (AvgIpc) is 2.61. The summed E-state index contributed by atoms with van der Waals surface area (Å²) < 4.78 is 5.35. The van der Waals surface area contributed by atoms with Crippen molar-refractivity contribution in [3.63, 3.8) is 0 Å². The lowest BCUT2D eigenvalue weighted by Gasteiger charge is -2.31. The van der Waals surface area contributed by atoms with Crippen LogP contribution in [0.3, 0.4) is 0 Å². The number of halogens is 2. The standard InChI is InChI=1S/C17H26N4O2.2ClH/c18-17(6-2-1-3-7-17)16(22)20-13-14-4-5-15(19-12-14)21-8-10-23-11-9-21;;/h4-5,12H,1-3,6-11,13,18H2,(H,20,22);2*1H. The van der Waals surface area contributed by atoms with Crippen molar-refractivity contribution < 1.29 is 9.53 Å². The molecule has 1 aromatic rings. The third kappa shape index (κ3) is 5.71. The lowest BCUT2D eigenvalue weighted by Crippen LogP contribution is -2.54. The van der Waals surface area contributed by atoms with Crippen LogP contribution in [-0.4, -0.2) is 42.7 Å². The van der Waals surface area contributed by atoms with E-state index in [4.69, 9.17) is 10.5 Å². The molecule has 1 aliphatic heterocycles. The van der Waals surface area contributed by atoms with Gasteiger partial charge in [-0.15, -0.1) is 24.8 Å². The number of aromatic nitrogens is 1. The van der Waals surface area contributed by atoms with E-state index in [0.29, 0.717) is 6.54 Å². The number of carbonyl (C=O) groups excluding carboxylic acids is 1. The molecule has 0 aromatic carbocycles. The zero-order valence-corrected chi connectivity index (χ0v) is 16.0. The van der Waals surface area contributed by atoms with Gasteiger partial charge in [0, 0.05) is 25.8 Å². The Bertz CT molecular complexity index is 530. The predicted octanol–water partition coefficient (Wildman–Crippen LogP) is 2.04. The van der Waals surface area contributed by atoms with Crippen LogP contribution in [0.25, 0.3) is 0 Å². The Morgan fingerprint density at radius 2 is 1.88 bits per heavy atom. The molecular formula is C17H28Cl2N4O2. The summed E-state index contributed by atoms with van der Waals surface area (Å²) in [7, 11) is 0. The summed E-state index contributed by atoms with van der Waals surface area (Å²) in [5.41, 5.74) is 6.56. The molecule has 0 atom stereocenters. The van der Waals surface area contributed by atoms with E-state index in [0.717, 1.165) is 63.4 Å². The number of ether oxygens (including phenoxy) is 1. The first-order valence-electron chi connectivity index (χ1n) is 8.52. The summed E-state index contributed by atoms with van der Waals surface area (Å²) in [5, 5.41) is 2.97. The van der Waals surface area contributed by atoms with Gasteiger partial charge in [-0.3, -0.25) is 4.79 Å². The third-order valence-corrected chi connectivity index (χ3v) is 4.80. The number of rotatable bonds is 4. The SMILES string of the molecule is Cl.Cl.NC1(C(=O)NCc2ccc(N3CCOCC3)nc2)CCCCC1. The number of pyridine rings is 1. The maximum atomic E-state index is 12.3. The van der Waals surface area contributed by atoms with E-state index in [1.807, 2.05) is 18.3 Å². The van der Waals surface area contributed by atoms with Gasteiger partial charge in [0.1, 0.15) is 5.82 Å². The van der Waals surface area contributed by atoms with Gasteiger partial charge in [-0.05, 0) is 24.5 Å². The second-order valence-electron chi connectivity index (χ2n) is 6.52. The number of nitrogens with zero attached hydrogens (tertiary/aromatic N) is 2. The molecule has 3 N–H and O–H groups in total. The molecular weight excluding hydrogens is 363 g/mol. The van der Waals surface area contributed by atoms with Gasteiger partial charge in [0.15, 0.2) is 0 Å². The first-order chi connectivity index (χ1) is 11.2. The largest absolute Gasteiger partial charge is 0.378 e. The number of amides is 1. The highest BCUT2D eigenvalue weighted by Crippen LogP contribution is 2.26. The van der Waals surface area contributed by atoms with E-state index >= 15 is 0 Å². The van der Waals surface area contributed by atoms with Gasteiger partial charge in [-0.2, -0.15) is 0 Å². The Kier molecular flexibility index (Phi) is 8.93. The highest BCUT2D eigenvalue weighted by molar-refractivity contribution is 5.86. The van der Waals surface area contributed by atoms with E-state index in [1.165, 1.54) is 6.42 Å². The molecule has 0 spiro atoms. The quantitative estimate of drug-likeness (QED) is 0.821. The predicted molar refractivity (Wildman–Crippen MR) is 104 cm³/mol. The lowest BCUT2D eigenvalue weighted by atomic mass is 9.82. The van der Waals surface area contributed by atoms with Crippen LogP contribution in [0.4, 0.5) is 5.82 Å². The van der Waals surface area contributed by atoms with Crippen LogP contribution < -0.4 is 16.0 Å². The van der Waals surface area contributed by atoms with E-state index in [-0.39, 0.29) is 30.7 Å². The number of anilines is 1. The van der Waals surface area contributed by atoms with Crippen LogP contribution in [0.5, 0.6) is 0 Å². The van der Waals surface area contributed by atoms with Crippen LogP contribution in [0.1, 0.15) is 37.7 Å². The van der Waals surface area contributed by atoms with E-state index in [9.17, 15) is 4.79 Å². The van der Waals surface area contributed by atoms with Gasteiger partial charge in [0.05, 0.1) is 18.8 Å². The summed E-state index contributed by atoms with van der Waals surface area (Å²) >= 11 is 0. The second kappa shape index (κ2) is 10.2. The van der Waals surface area contributed by atoms with Gasteiger partial charge in [0.25, 0.3) is 0 Å². The number of morpholine rings is 1. The molecule has 25 heavy (non-hydrogen) atoms.